The maximum atomic E-state index is 12.4. The van der Waals surface area contributed by atoms with Gasteiger partial charge in [0.25, 0.3) is 0 Å². The number of pyridine rings is 1. The first-order valence-corrected chi connectivity index (χ1v) is 9.06. The van der Waals surface area contributed by atoms with Crippen molar-refractivity contribution in [2.45, 2.75) is 39.3 Å². The van der Waals surface area contributed by atoms with Crippen LogP contribution in [0.5, 0.6) is 0 Å². The summed E-state index contributed by atoms with van der Waals surface area (Å²) in [5, 5.41) is 13.5. The number of aliphatic hydroxyl groups is 1. The van der Waals surface area contributed by atoms with Crippen molar-refractivity contribution >= 4 is 6.03 Å². The molecular weight excluding hydrogens is 330 g/mol. The molecule has 7 heteroatoms. The number of hydrogen-bond donors (Lipinski definition) is 2. The Hall–Kier alpha value is -2.41. The Morgan fingerprint density at radius 2 is 2.08 bits per heavy atom. The highest BCUT2D eigenvalue weighted by atomic mass is 16.3. The van der Waals surface area contributed by atoms with Crippen molar-refractivity contribution in [2.24, 2.45) is 13.0 Å². The Morgan fingerprint density at radius 3 is 2.69 bits per heavy atom. The normalized spacial score (nSPS) is 16.5. The number of carbonyl (C=O) groups excluding carboxylic acids is 1. The number of nitrogens with zero attached hydrogens (tertiary/aromatic N) is 4. The molecule has 0 bridgehead atoms. The Labute approximate surface area is 154 Å². The minimum absolute atomic E-state index is 0.0603. The van der Waals surface area contributed by atoms with Crippen molar-refractivity contribution in [1.82, 2.24) is 24.8 Å². The Balaban J connectivity index is 1.50. The van der Waals surface area contributed by atoms with Crippen LogP contribution in [0.3, 0.4) is 0 Å². The van der Waals surface area contributed by atoms with Gasteiger partial charge in [-0.25, -0.2) is 9.78 Å². The van der Waals surface area contributed by atoms with E-state index < -0.39 is 6.10 Å². The van der Waals surface area contributed by atoms with Gasteiger partial charge in [0.05, 0.1) is 0 Å². The molecule has 1 atom stereocenters. The lowest BCUT2D eigenvalue weighted by molar-refractivity contribution is 0.0584. The smallest absolute Gasteiger partial charge is 0.317 e. The fourth-order valence-corrected chi connectivity index (χ4v) is 3.48. The molecule has 2 N–H and O–H groups in total. The number of aliphatic hydroxyl groups excluding tert-OH is 1. The zero-order chi connectivity index (χ0) is 18.7. The molecule has 2 amide bonds. The summed E-state index contributed by atoms with van der Waals surface area (Å²) in [6, 6.07) is 1.96. The SMILES string of the molecule is Cc1cc(C)c(CNC(=O)N2CCC([C@H](O)c3nccn3C)CC2)cn1. The predicted molar refractivity (Wildman–Crippen MR) is 98.4 cm³/mol. The number of nitrogens with one attached hydrogen (secondary N) is 1. The molecular formula is C19H27N5O2. The number of aromatic nitrogens is 3. The van der Waals surface area contributed by atoms with Crippen LogP contribution < -0.4 is 5.32 Å². The van der Waals surface area contributed by atoms with Crippen LogP contribution in [-0.2, 0) is 13.6 Å². The first-order chi connectivity index (χ1) is 12.5. The van der Waals surface area contributed by atoms with Crippen LogP contribution in [-0.4, -0.2) is 43.7 Å². The van der Waals surface area contributed by atoms with E-state index in [9.17, 15) is 9.90 Å². The number of amides is 2. The number of hydrogen-bond acceptors (Lipinski definition) is 4. The quantitative estimate of drug-likeness (QED) is 0.878. The van der Waals surface area contributed by atoms with E-state index >= 15 is 0 Å². The highest BCUT2D eigenvalue weighted by molar-refractivity contribution is 5.74. The van der Waals surface area contributed by atoms with Gasteiger partial charge in [-0.15, -0.1) is 0 Å². The summed E-state index contributed by atoms with van der Waals surface area (Å²) in [6.45, 7) is 5.75. The summed E-state index contributed by atoms with van der Waals surface area (Å²) >= 11 is 0. The van der Waals surface area contributed by atoms with Crippen molar-refractivity contribution < 1.29 is 9.90 Å². The van der Waals surface area contributed by atoms with Gasteiger partial charge in [-0.2, -0.15) is 0 Å². The highest BCUT2D eigenvalue weighted by Gasteiger charge is 2.30. The van der Waals surface area contributed by atoms with Gasteiger partial charge in [0.15, 0.2) is 0 Å². The molecule has 7 nitrogen and oxygen atoms in total. The third-order valence-corrected chi connectivity index (χ3v) is 5.18. The predicted octanol–water partition coefficient (Wildman–Crippen LogP) is 2.09. The van der Waals surface area contributed by atoms with Gasteiger partial charge < -0.3 is 19.9 Å². The lowest BCUT2D eigenvalue weighted by Gasteiger charge is -2.34. The van der Waals surface area contributed by atoms with Crippen molar-refractivity contribution in [3.8, 4) is 0 Å². The van der Waals surface area contributed by atoms with Crippen LogP contribution in [0.1, 0.15) is 41.6 Å². The first-order valence-electron chi connectivity index (χ1n) is 9.06. The maximum absolute atomic E-state index is 12.4. The number of likely N-dealkylation sites (tertiary alicyclic amines) is 1. The fraction of sp³-hybridized carbons (Fsp3) is 0.526. The van der Waals surface area contributed by atoms with Gasteiger partial charge in [0.2, 0.25) is 0 Å². The van der Waals surface area contributed by atoms with Gasteiger partial charge in [-0.05, 0) is 49.8 Å². The molecule has 140 valence electrons. The number of urea groups is 1. The lowest BCUT2D eigenvalue weighted by atomic mass is 9.91. The molecule has 3 heterocycles. The van der Waals surface area contributed by atoms with Gasteiger partial charge in [0.1, 0.15) is 11.9 Å². The van der Waals surface area contributed by atoms with E-state index in [1.807, 2.05) is 48.8 Å². The van der Waals surface area contributed by atoms with E-state index in [0.29, 0.717) is 25.5 Å². The summed E-state index contributed by atoms with van der Waals surface area (Å²) in [5.74, 6) is 0.818. The molecule has 0 aromatic carbocycles. The average molecular weight is 357 g/mol. The Kier molecular flexibility index (Phi) is 5.56. The van der Waals surface area contributed by atoms with Crippen molar-refractivity contribution in [2.75, 3.05) is 13.1 Å². The average Bonchev–Trinajstić information content (AvgIpc) is 3.06. The van der Waals surface area contributed by atoms with Crippen LogP contribution >= 0.6 is 0 Å². The molecule has 26 heavy (non-hydrogen) atoms. The summed E-state index contributed by atoms with van der Waals surface area (Å²) in [4.78, 5) is 22.8. The molecule has 1 aliphatic heterocycles. The van der Waals surface area contributed by atoms with E-state index in [-0.39, 0.29) is 11.9 Å². The first kappa shape index (κ1) is 18.4. The minimum atomic E-state index is -0.582. The number of carbonyl (C=O) groups is 1. The zero-order valence-electron chi connectivity index (χ0n) is 15.6. The largest absolute Gasteiger partial charge is 0.385 e. The van der Waals surface area contributed by atoms with E-state index in [1.54, 1.807) is 6.20 Å². The molecule has 3 rings (SSSR count). The summed E-state index contributed by atoms with van der Waals surface area (Å²) in [5.41, 5.74) is 3.14. The van der Waals surface area contributed by atoms with Crippen LogP contribution in [0, 0.1) is 19.8 Å². The molecule has 2 aromatic rings. The lowest BCUT2D eigenvalue weighted by Crippen LogP contribution is -2.45. The van der Waals surface area contributed by atoms with E-state index in [0.717, 1.165) is 29.7 Å². The summed E-state index contributed by atoms with van der Waals surface area (Å²) < 4.78 is 1.85. The van der Waals surface area contributed by atoms with Gasteiger partial charge in [0, 0.05) is 51.0 Å². The van der Waals surface area contributed by atoms with Crippen LogP contribution in [0.15, 0.2) is 24.7 Å². The fourth-order valence-electron chi connectivity index (χ4n) is 3.48. The summed E-state index contributed by atoms with van der Waals surface area (Å²) in [7, 11) is 1.88. The third-order valence-electron chi connectivity index (χ3n) is 5.18. The Morgan fingerprint density at radius 1 is 1.35 bits per heavy atom. The standard InChI is InChI=1S/C19H27N5O2/c1-13-10-14(2)21-11-16(13)12-22-19(26)24-7-4-15(5-8-24)17(25)18-20-6-9-23(18)3/h6,9-11,15,17,25H,4-5,7-8,12H2,1-3H3,(H,22,26)/t17-/m0/s1. The van der Waals surface area contributed by atoms with Crippen molar-refractivity contribution in [3.63, 3.8) is 0 Å². The zero-order valence-corrected chi connectivity index (χ0v) is 15.6. The molecule has 1 aliphatic rings. The number of piperidine rings is 1. The topological polar surface area (TPSA) is 83.3 Å². The number of rotatable bonds is 4. The second-order valence-corrected chi connectivity index (χ2v) is 7.08. The van der Waals surface area contributed by atoms with Crippen molar-refractivity contribution in [1.29, 1.82) is 0 Å². The minimum Gasteiger partial charge on any atom is -0.385 e. The van der Waals surface area contributed by atoms with Crippen LogP contribution in [0.2, 0.25) is 0 Å². The molecule has 2 aromatic heterocycles. The molecule has 0 aliphatic carbocycles. The van der Waals surface area contributed by atoms with Gasteiger partial charge in [-0.1, -0.05) is 0 Å². The van der Waals surface area contributed by atoms with Crippen molar-refractivity contribution in [3.05, 3.63) is 47.3 Å². The second kappa shape index (κ2) is 7.86. The molecule has 0 saturated carbocycles. The Bertz CT molecular complexity index is 765. The van der Waals surface area contributed by atoms with E-state index in [1.165, 1.54) is 0 Å². The van der Waals surface area contributed by atoms with E-state index in [4.69, 9.17) is 0 Å². The molecule has 1 saturated heterocycles. The van der Waals surface area contributed by atoms with Crippen LogP contribution in [0.25, 0.3) is 0 Å². The highest BCUT2D eigenvalue weighted by Crippen LogP contribution is 2.29. The van der Waals surface area contributed by atoms with Gasteiger partial charge >= 0.3 is 6.03 Å². The molecule has 0 radical (unpaired) electrons. The van der Waals surface area contributed by atoms with Gasteiger partial charge in [-0.3, -0.25) is 4.98 Å². The third kappa shape index (κ3) is 4.04. The van der Waals surface area contributed by atoms with Crippen LogP contribution in [0.4, 0.5) is 4.79 Å². The number of imidazole rings is 1. The maximum Gasteiger partial charge on any atom is 0.317 e. The number of aryl methyl sites for hydroxylation is 3. The molecule has 0 unspecified atom stereocenters. The second-order valence-electron chi connectivity index (χ2n) is 7.08. The van der Waals surface area contributed by atoms with E-state index in [2.05, 4.69) is 15.3 Å². The summed E-state index contributed by atoms with van der Waals surface area (Å²) in [6.07, 6.45) is 6.31. The molecule has 0 spiro atoms. The monoisotopic (exact) mass is 357 g/mol. The molecule has 1 fully saturated rings.